The van der Waals surface area contributed by atoms with E-state index in [9.17, 15) is 4.79 Å². The topological polar surface area (TPSA) is 84.5 Å². The van der Waals surface area contributed by atoms with Gasteiger partial charge in [0.1, 0.15) is 12.2 Å². The Kier molecular flexibility index (Phi) is 18.3. The first-order chi connectivity index (χ1) is 13.5. The number of nitrogens with one attached hydrogen (secondary N) is 1. The van der Waals surface area contributed by atoms with Crippen LogP contribution in [-0.4, -0.2) is 90.7 Å². The lowest BCUT2D eigenvalue weighted by molar-refractivity contribution is -0.156. The first kappa shape index (κ1) is 26.8. The molecule has 0 bridgehead atoms. The summed E-state index contributed by atoms with van der Waals surface area (Å²) in [6.45, 7) is 11.9. The molecule has 164 valence electrons. The Bertz CT molecular complexity index is 404. The summed E-state index contributed by atoms with van der Waals surface area (Å²) >= 11 is 0. The van der Waals surface area contributed by atoms with Crippen LogP contribution in [0.4, 0.5) is 0 Å². The SMILES string of the molecule is C#CCOCCOCCNCCOCCOCCOCCC(=O)OC(C)(C)C. The van der Waals surface area contributed by atoms with E-state index < -0.39 is 5.60 Å². The summed E-state index contributed by atoms with van der Waals surface area (Å²) in [5, 5.41) is 3.21. The second kappa shape index (κ2) is 19.1. The minimum absolute atomic E-state index is 0.248. The average Bonchev–Trinajstić information content (AvgIpc) is 2.62. The van der Waals surface area contributed by atoms with Gasteiger partial charge in [-0.15, -0.1) is 6.42 Å². The Hall–Kier alpha value is -1.21. The Morgan fingerprint density at radius 3 is 1.75 bits per heavy atom. The van der Waals surface area contributed by atoms with Crippen LogP contribution in [0.15, 0.2) is 0 Å². The number of hydrogen-bond acceptors (Lipinski definition) is 8. The third kappa shape index (κ3) is 22.8. The standard InChI is InChI=1S/C20H37NO7/c1-5-9-23-13-15-25-11-7-21-8-12-26-16-18-27-17-14-24-10-6-19(22)28-20(2,3)4/h1,21H,6-18H2,2-4H3. The highest BCUT2D eigenvalue weighted by atomic mass is 16.6. The smallest absolute Gasteiger partial charge is 0.308 e. The van der Waals surface area contributed by atoms with Gasteiger partial charge in [-0.25, -0.2) is 0 Å². The van der Waals surface area contributed by atoms with Crippen molar-refractivity contribution < 1.29 is 33.2 Å². The Morgan fingerprint density at radius 2 is 1.25 bits per heavy atom. The van der Waals surface area contributed by atoms with Gasteiger partial charge in [-0.05, 0) is 20.8 Å². The van der Waals surface area contributed by atoms with Crippen LogP contribution in [0.3, 0.4) is 0 Å². The van der Waals surface area contributed by atoms with Crippen LogP contribution in [-0.2, 0) is 33.2 Å². The molecule has 0 spiro atoms. The second-order valence-corrected chi connectivity index (χ2v) is 6.79. The molecule has 0 amide bonds. The molecule has 0 atom stereocenters. The molecule has 0 unspecified atom stereocenters. The molecule has 0 radical (unpaired) electrons. The van der Waals surface area contributed by atoms with Crippen molar-refractivity contribution in [2.45, 2.75) is 32.8 Å². The summed E-state index contributed by atoms with van der Waals surface area (Å²) < 4.78 is 31.8. The molecule has 0 fully saturated rings. The molecule has 28 heavy (non-hydrogen) atoms. The summed E-state index contributed by atoms with van der Waals surface area (Å²) in [6, 6.07) is 0. The maximum atomic E-state index is 11.5. The van der Waals surface area contributed by atoms with E-state index in [1.54, 1.807) is 0 Å². The van der Waals surface area contributed by atoms with Gasteiger partial charge in [-0.3, -0.25) is 4.79 Å². The van der Waals surface area contributed by atoms with E-state index in [1.165, 1.54) is 0 Å². The number of carbonyl (C=O) groups excluding carboxylic acids is 1. The summed E-state index contributed by atoms with van der Waals surface area (Å²) in [5.74, 6) is 2.14. The molecule has 0 aromatic carbocycles. The molecule has 0 heterocycles. The largest absolute Gasteiger partial charge is 0.460 e. The third-order valence-electron chi connectivity index (χ3n) is 3.02. The van der Waals surface area contributed by atoms with Crippen molar-refractivity contribution in [2.75, 3.05) is 79.2 Å². The molecule has 8 heteroatoms. The van der Waals surface area contributed by atoms with Gasteiger partial charge < -0.3 is 33.7 Å². The molecule has 0 rings (SSSR count). The van der Waals surface area contributed by atoms with E-state index in [0.717, 1.165) is 13.1 Å². The molecule has 0 saturated heterocycles. The lowest BCUT2D eigenvalue weighted by Gasteiger charge is -2.19. The van der Waals surface area contributed by atoms with Crippen LogP contribution in [0.1, 0.15) is 27.2 Å². The quantitative estimate of drug-likeness (QED) is 0.194. The summed E-state index contributed by atoms with van der Waals surface area (Å²) in [6.07, 6.45) is 5.31. The zero-order chi connectivity index (χ0) is 20.9. The molecule has 0 aliphatic carbocycles. The maximum Gasteiger partial charge on any atom is 0.308 e. The number of hydrogen-bond donors (Lipinski definition) is 1. The maximum absolute atomic E-state index is 11.5. The lowest BCUT2D eigenvalue weighted by atomic mass is 10.2. The van der Waals surface area contributed by atoms with Crippen molar-refractivity contribution in [1.82, 2.24) is 5.32 Å². The number of rotatable bonds is 19. The highest BCUT2D eigenvalue weighted by Gasteiger charge is 2.15. The molecular weight excluding hydrogens is 366 g/mol. The molecular formula is C20H37NO7. The van der Waals surface area contributed by atoms with E-state index in [4.69, 9.17) is 34.8 Å². The van der Waals surface area contributed by atoms with Crippen LogP contribution in [0.25, 0.3) is 0 Å². The van der Waals surface area contributed by atoms with Gasteiger partial charge >= 0.3 is 5.97 Å². The van der Waals surface area contributed by atoms with Gasteiger partial charge in [0.25, 0.3) is 0 Å². The molecule has 0 aliphatic rings. The predicted octanol–water partition coefficient (Wildman–Crippen LogP) is 1.02. The molecule has 0 aromatic rings. The van der Waals surface area contributed by atoms with E-state index >= 15 is 0 Å². The van der Waals surface area contributed by atoms with Crippen LogP contribution in [0.2, 0.25) is 0 Å². The Balaban J connectivity index is 3.12. The fourth-order valence-corrected chi connectivity index (χ4v) is 1.85. The predicted molar refractivity (Wildman–Crippen MR) is 106 cm³/mol. The molecule has 0 aliphatic heterocycles. The Labute approximate surface area is 169 Å². The number of ether oxygens (including phenoxy) is 6. The molecule has 1 N–H and O–H groups in total. The monoisotopic (exact) mass is 403 g/mol. The fraction of sp³-hybridized carbons (Fsp3) is 0.850. The van der Waals surface area contributed by atoms with Gasteiger partial charge in [0.2, 0.25) is 0 Å². The highest BCUT2D eigenvalue weighted by Crippen LogP contribution is 2.07. The van der Waals surface area contributed by atoms with Crippen molar-refractivity contribution >= 4 is 5.97 Å². The second-order valence-electron chi connectivity index (χ2n) is 6.79. The number of carbonyl (C=O) groups is 1. The van der Waals surface area contributed by atoms with Crippen molar-refractivity contribution in [3.63, 3.8) is 0 Å². The molecule has 0 saturated carbocycles. The van der Waals surface area contributed by atoms with E-state index in [-0.39, 0.29) is 12.4 Å². The van der Waals surface area contributed by atoms with Gasteiger partial charge in [0, 0.05) is 13.1 Å². The minimum Gasteiger partial charge on any atom is -0.460 e. The summed E-state index contributed by atoms with van der Waals surface area (Å²) in [7, 11) is 0. The van der Waals surface area contributed by atoms with Crippen LogP contribution >= 0.6 is 0 Å². The van der Waals surface area contributed by atoms with Crippen LogP contribution in [0, 0.1) is 12.3 Å². The van der Waals surface area contributed by atoms with Crippen LogP contribution in [0.5, 0.6) is 0 Å². The normalized spacial score (nSPS) is 11.4. The lowest BCUT2D eigenvalue weighted by Crippen LogP contribution is -2.25. The van der Waals surface area contributed by atoms with Crippen molar-refractivity contribution in [2.24, 2.45) is 0 Å². The minimum atomic E-state index is -0.457. The average molecular weight is 404 g/mol. The summed E-state index contributed by atoms with van der Waals surface area (Å²) in [4.78, 5) is 11.5. The van der Waals surface area contributed by atoms with Crippen molar-refractivity contribution in [3.8, 4) is 12.3 Å². The fourth-order valence-electron chi connectivity index (χ4n) is 1.85. The van der Waals surface area contributed by atoms with Crippen molar-refractivity contribution in [1.29, 1.82) is 0 Å². The van der Waals surface area contributed by atoms with Gasteiger partial charge in [0.15, 0.2) is 0 Å². The van der Waals surface area contributed by atoms with E-state index in [0.29, 0.717) is 66.1 Å². The summed E-state index contributed by atoms with van der Waals surface area (Å²) in [5.41, 5.74) is -0.457. The van der Waals surface area contributed by atoms with Gasteiger partial charge in [-0.2, -0.15) is 0 Å². The van der Waals surface area contributed by atoms with Crippen LogP contribution < -0.4 is 5.32 Å². The third-order valence-corrected chi connectivity index (χ3v) is 3.02. The van der Waals surface area contributed by atoms with Gasteiger partial charge in [0.05, 0.1) is 65.9 Å². The molecule has 8 nitrogen and oxygen atoms in total. The van der Waals surface area contributed by atoms with E-state index in [1.807, 2.05) is 20.8 Å². The first-order valence-electron chi connectivity index (χ1n) is 9.70. The Morgan fingerprint density at radius 1 is 0.786 bits per heavy atom. The zero-order valence-electron chi connectivity index (χ0n) is 17.6. The van der Waals surface area contributed by atoms with E-state index in [2.05, 4.69) is 11.2 Å². The van der Waals surface area contributed by atoms with Crippen molar-refractivity contribution in [3.05, 3.63) is 0 Å². The van der Waals surface area contributed by atoms with Gasteiger partial charge in [-0.1, -0.05) is 5.92 Å². The highest BCUT2D eigenvalue weighted by molar-refractivity contribution is 5.69. The number of esters is 1. The zero-order valence-corrected chi connectivity index (χ0v) is 17.6. The molecule has 0 aromatic heterocycles. The number of terminal acetylenes is 1. The first-order valence-corrected chi connectivity index (χ1v) is 9.70.